The van der Waals surface area contributed by atoms with E-state index in [1.165, 1.54) is 0 Å². The van der Waals surface area contributed by atoms with Crippen LogP contribution in [-0.2, 0) is 0 Å². The summed E-state index contributed by atoms with van der Waals surface area (Å²) >= 11 is 0. The van der Waals surface area contributed by atoms with Crippen molar-refractivity contribution in [2.75, 3.05) is 0 Å². The van der Waals surface area contributed by atoms with E-state index in [4.69, 9.17) is 46.0 Å². The maximum Gasteiger partial charge on any atom is 3.00 e. The van der Waals surface area contributed by atoms with Crippen molar-refractivity contribution in [3.63, 3.8) is 0 Å². The van der Waals surface area contributed by atoms with Gasteiger partial charge in [0.1, 0.15) is 0 Å². The largest absolute Gasteiger partial charge is 3.00 e. The monoisotopic (exact) mass is 499 g/mol. The van der Waals surface area contributed by atoms with Gasteiger partial charge in [-0.05, 0) is 0 Å². The van der Waals surface area contributed by atoms with Crippen LogP contribution in [0.1, 0.15) is 0 Å². The molecule has 0 unspecified atom stereocenters. The molecule has 0 saturated heterocycles. The van der Waals surface area contributed by atoms with Crippen LogP contribution in [0.5, 0.6) is 0 Å². The fraction of sp³-hybridized carbons (Fsp3) is 0. The SMILES string of the molecule is O.O.O.O.O.O.O=[N+]([O-])[O-].O=[N+]([O-])[O-].O=[N+]([O-])[O-].[Tl+3]. The molecule has 0 aromatic carbocycles. The minimum Gasteiger partial charge on any atom is -0.412 e. The van der Waals surface area contributed by atoms with Gasteiger partial charge in [-0.15, -0.1) is 0 Å². The summed E-state index contributed by atoms with van der Waals surface area (Å²) < 4.78 is 0. The summed E-state index contributed by atoms with van der Waals surface area (Å²) in [6.07, 6.45) is 0. The van der Waals surface area contributed by atoms with Crippen LogP contribution < -0.4 is 0 Å². The molecule has 0 atom stereocenters. The smallest absolute Gasteiger partial charge is 0.412 e. The Balaban J connectivity index is -0.00000000675. The normalized spacial score (nSPS) is 3.79. The molecule has 120 valence electrons. The molecule has 0 amide bonds. The van der Waals surface area contributed by atoms with Crippen LogP contribution in [0.2, 0.25) is 0 Å². The molecule has 0 fully saturated rings. The van der Waals surface area contributed by atoms with E-state index in [1.54, 1.807) is 0 Å². The average molecular weight is 498 g/mol. The van der Waals surface area contributed by atoms with Crippen LogP contribution in [0, 0.1) is 46.0 Å². The molecule has 19 heteroatoms. The molecular formula is H12N3O15Tl. The molecule has 0 spiro atoms. The van der Waals surface area contributed by atoms with Crippen molar-refractivity contribution in [2.24, 2.45) is 0 Å². The number of hydrogen-bond acceptors (Lipinski definition) is 9. The number of rotatable bonds is 0. The van der Waals surface area contributed by atoms with E-state index in [-0.39, 0.29) is 60.2 Å². The van der Waals surface area contributed by atoms with Crippen LogP contribution in [0.3, 0.4) is 0 Å². The molecule has 0 heterocycles. The second-order valence-electron chi connectivity index (χ2n) is 0.671. The van der Waals surface area contributed by atoms with E-state index in [1.807, 2.05) is 0 Å². The molecule has 0 aliphatic rings. The predicted molar refractivity (Wildman–Crippen MR) is 58.5 cm³/mol. The summed E-state index contributed by atoms with van der Waals surface area (Å²) in [6.45, 7) is 0. The van der Waals surface area contributed by atoms with Gasteiger partial charge in [0.15, 0.2) is 0 Å². The third kappa shape index (κ3) is 1130. The summed E-state index contributed by atoms with van der Waals surface area (Å²) in [5.74, 6) is 0. The first-order chi connectivity index (χ1) is 5.20. The molecule has 19 heavy (non-hydrogen) atoms. The molecule has 0 bridgehead atoms. The Morgan fingerprint density at radius 3 is 0.421 bits per heavy atom. The Labute approximate surface area is 122 Å². The summed E-state index contributed by atoms with van der Waals surface area (Å²) in [4.78, 5) is 24.8. The van der Waals surface area contributed by atoms with Crippen LogP contribution in [-0.4, -0.2) is 75.4 Å². The van der Waals surface area contributed by atoms with E-state index >= 15 is 0 Å². The Bertz CT molecular complexity index is 115. The molecule has 0 radical (unpaired) electrons. The van der Waals surface area contributed by atoms with Gasteiger partial charge in [-0.25, -0.2) is 0 Å². The molecular weight excluding hydrogens is 486 g/mol. The fourth-order valence-corrected chi connectivity index (χ4v) is 0. The summed E-state index contributed by atoms with van der Waals surface area (Å²) in [5.41, 5.74) is 0. The van der Waals surface area contributed by atoms with Crippen molar-refractivity contribution in [3.05, 3.63) is 46.0 Å². The van der Waals surface area contributed by atoms with Gasteiger partial charge in [-0.1, -0.05) is 0 Å². The van der Waals surface area contributed by atoms with Crippen molar-refractivity contribution >= 4 is 27.3 Å². The van der Waals surface area contributed by atoms with Gasteiger partial charge >= 0.3 is 27.3 Å². The maximum absolute atomic E-state index is 8.25. The van der Waals surface area contributed by atoms with Gasteiger partial charge < -0.3 is 78.8 Å². The molecule has 0 aromatic heterocycles. The second-order valence-corrected chi connectivity index (χ2v) is 0.671. The molecule has 0 aliphatic carbocycles. The quantitative estimate of drug-likeness (QED) is 0.174. The number of hydrogen-bond donors (Lipinski definition) is 0. The van der Waals surface area contributed by atoms with Crippen LogP contribution in [0.4, 0.5) is 0 Å². The first-order valence-electron chi connectivity index (χ1n) is 1.64. The van der Waals surface area contributed by atoms with Crippen molar-refractivity contribution in [3.8, 4) is 0 Å². The van der Waals surface area contributed by atoms with E-state index in [9.17, 15) is 0 Å². The van der Waals surface area contributed by atoms with Crippen molar-refractivity contribution < 1.29 is 48.1 Å². The van der Waals surface area contributed by atoms with Crippen molar-refractivity contribution in [2.45, 2.75) is 0 Å². The average Bonchev–Trinajstić information content (AvgIpc) is 1.54. The molecule has 0 aromatic rings. The van der Waals surface area contributed by atoms with Crippen LogP contribution >= 0.6 is 0 Å². The first kappa shape index (κ1) is 86.4. The van der Waals surface area contributed by atoms with Gasteiger partial charge in [0.2, 0.25) is 0 Å². The third-order valence-electron chi connectivity index (χ3n) is 0. The summed E-state index contributed by atoms with van der Waals surface area (Å²) in [6, 6.07) is 0. The van der Waals surface area contributed by atoms with Gasteiger partial charge in [-0.3, -0.25) is 0 Å². The molecule has 0 aliphatic heterocycles. The molecule has 0 rings (SSSR count). The minimum atomic E-state index is -1.75. The first-order valence-corrected chi connectivity index (χ1v) is 1.64. The Morgan fingerprint density at radius 1 is 0.421 bits per heavy atom. The van der Waals surface area contributed by atoms with Gasteiger partial charge in [0.05, 0.1) is 15.3 Å². The fourth-order valence-electron chi connectivity index (χ4n) is 0. The van der Waals surface area contributed by atoms with Crippen LogP contribution in [0.15, 0.2) is 0 Å². The predicted octanol–water partition coefficient (Wildman–Crippen LogP) is -6.05. The van der Waals surface area contributed by atoms with Crippen molar-refractivity contribution in [1.29, 1.82) is 0 Å². The molecule has 18 nitrogen and oxygen atoms in total. The minimum absolute atomic E-state index is 0. The topological polar surface area (TPSA) is 388 Å². The van der Waals surface area contributed by atoms with E-state index in [2.05, 4.69) is 0 Å². The zero-order valence-corrected chi connectivity index (χ0v) is 13.1. The van der Waals surface area contributed by atoms with E-state index < -0.39 is 15.3 Å². The third-order valence-corrected chi connectivity index (χ3v) is 0. The standard InChI is InChI=1S/3NO3.6H2O.Tl/c3*2-1(3)4;;;;;;;/h;;;6*1H2;/q3*-1;;;;;;;+3. The van der Waals surface area contributed by atoms with E-state index in [0.717, 1.165) is 0 Å². The van der Waals surface area contributed by atoms with Crippen molar-refractivity contribution in [1.82, 2.24) is 0 Å². The van der Waals surface area contributed by atoms with E-state index in [0.29, 0.717) is 0 Å². The Hall–Kier alpha value is -1.72. The second kappa shape index (κ2) is 71.7. The Morgan fingerprint density at radius 2 is 0.421 bits per heavy atom. The van der Waals surface area contributed by atoms with Gasteiger partial charge in [-0.2, -0.15) is 0 Å². The summed E-state index contributed by atoms with van der Waals surface area (Å²) in [7, 11) is 0. The maximum atomic E-state index is 8.25. The van der Waals surface area contributed by atoms with Crippen LogP contribution in [0.25, 0.3) is 0 Å². The zero-order chi connectivity index (χ0) is 10.7. The molecule has 0 saturated carbocycles. The Kier molecular flexibility index (Phi) is 326. The van der Waals surface area contributed by atoms with Gasteiger partial charge in [0, 0.05) is 0 Å². The summed E-state index contributed by atoms with van der Waals surface area (Å²) in [5, 5.41) is 44.2. The molecule has 12 N–H and O–H groups in total. The zero-order valence-electron chi connectivity index (χ0n) is 8.59. The van der Waals surface area contributed by atoms with Gasteiger partial charge in [0.25, 0.3) is 0 Å². The number of nitrogens with zero attached hydrogens (tertiary/aromatic N) is 3.